The number of H-pyrrole nitrogens is 1. The zero-order valence-electron chi connectivity index (χ0n) is 18.1. The zero-order valence-corrected chi connectivity index (χ0v) is 18.1. The van der Waals surface area contributed by atoms with E-state index in [-0.39, 0.29) is 10.9 Å². The van der Waals surface area contributed by atoms with E-state index in [0.717, 1.165) is 49.4 Å². The average molecular weight is 432 g/mol. The van der Waals surface area contributed by atoms with Crippen molar-refractivity contribution in [2.75, 3.05) is 24.5 Å². The van der Waals surface area contributed by atoms with Gasteiger partial charge in [0.25, 0.3) is 5.56 Å². The number of nitriles is 1. The molecule has 3 aromatic rings. The molecule has 2 saturated heterocycles. The first-order valence-corrected chi connectivity index (χ1v) is 11.2. The van der Waals surface area contributed by atoms with Crippen LogP contribution in [-0.4, -0.2) is 46.6 Å². The smallest absolute Gasteiger partial charge is 0.259 e. The number of hydrogen-bond acceptors (Lipinski definition) is 5. The molecule has 0 spiro atoms. The number of nitrogens with one attached hydrogen (secondary N) is 1. The molecule has 2 aliphatic heterocycles. The summed E-state index contributed by atoms with van der Waals surface area (Å²) in [6, 6.07) is 11.9. The highest BCUT2D eigenvalue weighted by atomic mass is 19.1. The predicted molar refractivity (Wildman–Crippen MR) is 122 cm³/mol. The molecule has 1 aromatic carbocycles. The van der Waals surface area contributed by atoms with Gasteiger partial charge in [0, 0.05) is 30.9 Å². The molecule has 2 bridgehead atoms. The maximum Gasteiger partial charge on any atom is 0.259 e. The van der Waals surface area contributed by atoms with Crippen molar-refractivity contribution >= 4 is 16.5 Å². The Bertz CT molecular complexity index is 1230. The van der Waals surface area contributed by atoms with Crippen molar-refractivity contribution in [1.29, 1.82) is 5.26 Å². The Morgan fingerprint density at radius 1 is 1.22 bits per heavy atom. The Morgan fingerprint density at radius 3 is 2.69 bits per heavy atom. The third-order valence-electron chi connectivity index (χ3n) is 6.96. The molecule has 2 unspecified atom stereocenters. The minimum absolute atomic E-state index is 0.153. The second kappa shape index (κ2) is 8.36. The number of aromatic amines is 1. The first kappa shape index (κ1) is 20.7. The fourth-order valence-corrected chi connectivity index (χ4v) is 5.32. The first-order valence-electron chi connectivity index (χ1n) is 11.2. The number of benzene rings is 1. The minimum atomic E-state index is -0.467. The Balaban J connectivity index is 1.23. The van der Waals surface area contributed by atoms with Gasteiger partial charge in [0.1, 0.15) is 17.6 Å². The summed E-state index contributed by atoms with van der Waals surface area (Å²) in [5, 5.41) is 9.81. The standard InChI is InChI=1S/C25H26FN5O/c1-16-4-9-23(26)24-22(16)11-17(29-25(24)32)3-2-10-31-20-7-8-21(31)15-30(14-20)19-6-5-18(12-27)28-13-19/h4-6,9,11,13,20-21H,2-3,7-8,10,14-15H2,1H3,(H,29,32). The van der Waals surface area contributed by atoms with Gasteiger partial charge in [-0.25, -0.2) is 9.37 Å². The lowest BCUT2D eigenvalue weighted by molar-refractivity contribution is 0.167. The van der Waals surface area contributed by atoms with Gasteiger partial charge < -0.3 is 9.88 Å². The molecule has 0 radical (unpaired) electrons. The molecule has 2 aromatic heterocycles. The molecule has 6 nitrogen and oxygen atoms in total. The lowest BCUT2D eigenvalue weighted by atomic mass is 10.0. The van der Waals surface area contributed by atoms with Crippen molar-refractivity contribution in [3.63, 3.8) is 0 Å². The molecule has 0 saturated carbocycles. The largest absolute Gasteiger partial charge is 0.367 e. The molecule has 4 heterocycles. The van der Waals surface area contributed by atoms with Crippen LogP contribution in [0.15, 0.2) is 41.3 Å². The topological polar surface area (TPSA) is 76.0 Å². The Labute approximate surface area is 186 Å². The van der Waals surface area contributed by atoms with Crippen LogP contribution in [-0.2, 0) is 6.42 Å². The zero-order chi connectivity index (χ0) is 22.2. The maximum atomic E-state index is 14.1. The van der Waals surface area contributed by atoms with Gasteiger partial charge >= 0.3 is 0 Å². The number of fused-ring (bicyclic) bond motifs is 3. The number of aryl methyl sites for hydroxylation is 2. The van der Waals surface area contributed by atoms with Crippen molar-refractivity contribution in [1.82, 2.24) is 14.9 Å². The number of rotatable bonds is 5. The van der Waals surface area contributed by atoms with Gasteiger partial charge in [-0.05, 0) is 74.4 Å². The lowest BCUT2D eigenvalue weighted by Gasteiger charge is -2.42. The van der Waals surface area contributed by atoms with Crippen LogP contribution < -0.4 is 10.5 Å². The summed E-state index contributed by atoms with van der Waals surface area (Å²) in [6.07, 6.45) is 5.89. The van der Waals surface area contributed by atoms with Gasteiger partial charge in [0.2, 0.25) is 0 Å². The van der Waals surface area contributed by atoms with Gasteiger partial charge in [0.15, 0.2) is 0 Å². The molecule has 7 heteroatoms. The van der Waals surface area contributed by atoms with Gasteiger partial charge in [-0.2, -0.15) is 5.26 Å². The highest BCUT2D eigenvalue weighted by molar-refractivity contribution is 5.85. The highest BCUT2D eigenvalue weighted by Crippen LogP contribution is 2.32. The SMILES string of the molecule is Cc1ccc(F)c2c(=O)[nH]c(CCCN3C4CCC3CN(c3ccc(C#N)nc3)C4)cc12. The van der Waals surface area contributed by atoms with Crippen molar-refractivity contribution < 1.29 is 4.39 Å². The monoisotopic (exact) mass is 431 g/mol. The van der Waals surface area contributed by atoms with Crippen molar-refractivity contribution in [2.24, 2.45) is 0 Å². The van der Waals surface area contributed by atoms with Crippen molar-refractivity contribution in [2.45, 2.75) is 44.7 Å². The van der Waals surface area contributed by atoms with E-state index in [1.165, 1.54) is 18.9 Å². The molecular weight excluding hydrogens is 405 g/mol. The van der Waals surface area contributed by atoms with Crippen LogP contribution in [0.25, 0.3) is 10.8 Å². The van der Waals surface area contributed by atoms with Gasteiger partial charge in [-0.1, -0.05) is 6.07 Å². The molecule has 5 rings (SSSR count). The quantitative estimate of drug-likeness (QED) is 0.669. The van der Waals surface area contributed by atoms with E-state index < -0.39 is 5.82 Å². The number of hydrogen-bond donors (Lipinski definition) is 1. The fraction of sp³-hybridized carbons (Fsp3) is 0.400. The Hall–Kier alpha value is -3.24. The number of nitrogens with zero attached hydrogens (tertiary/aromatic N) is 4. The molecule has 2 aliphatic rings. The number of halogens is 1. The summed E-state index contributed by atoms with van der Waals surface area (Å²) in [5.74, 6) is -0.467. The van der Waals surface area contributed by atoms with Crippen LogP contribution in [0.5, 0.6) is 0 Å². The van der Waals surface area contributed by atoms with Crippen LogP contribution in [0, 0.1) is 24.1 Å². The van der Waals surface area contributed by atoms with Crippen molar-refractivity contribution in [3.8, 4) is 6.07 Å². The van der Waals surface area contributed by atoms with E-state index in [4.69, 9.17) is 5.26 Å². The molecule has 2 fully saturated rings. The Kier molecular flexibility index (Phi) is 5.40. The molecule has 0 aliphatic carbocycles. The third-order valence-corrected chi connectivity index (χ3v) is 6.96. The van der Waals surface area contributed by atoms with Crippen molar-refractivity contribution in [3.05, 3.63) is 69.7 Å². The Morgan fingerprint density at radius 2 is 2.00 bits per heavy atom. The summed E-state index contributed by atoms with van der Waals surface area (Å²) in [5.41, 5.74) is 2.96. The van der Waals surface area contributed by atoms with Crippen LogP contribution in [0.1, 0.15) is 36.2 Å². The van der Waals surface area contributed by atoms with E-state index >= 15 is 0 Å². The third kappa shape index (κ3) is 3.76. The number of piperazine rings is 1. The van der Waals surface area contributed by atoms with Crippen LogP contribution in [0.4, 0.5) is 10.1 Å². The molecule has 164 valence electrons. The average Bonchev–Trinajstić information content (AvgIpc) is 3.03. The molecule has 2 atom stereocenters. The van der Waals surface area contributed by atoms with Gasteiger partial charge in [-0.3, -0.25) is 9.69 Å². The molecule has 0 amide bonds. The molecular formula is C25H26FN5O. The predicted octanol–water partition coefficient (Wildman–Crippen LogP) is 3.53. The van der Waals surface area contributed by atoms with Crippen LogP contribution in [0.2, 0.25) is 0 Å². The summed E-state index contributed by atoms with van der Waals surface area (Å²) >= 11 is 0. The number of pyridine rings is 2. The summed E-state index contributed by atoms with van der Waals surface area (Å²) < 4.78 is 14.1. The second-order valence-corrected chi connectivity index (χ2v) is 8.92. The fourth-order valence-electron chi connectivity index (χ4n) is 5.32. The van der Waals surface area contributed by atoms with Crippen LogP contribution in [0.3, 0.4) is 0 Å². The highest BCUT2D eigenvalue weighted by Gasteiger charge is 2.39. The van der Waals surface area contributed by atoms with E-state index in [1.54, 1.807) is 18.3 Å². The normalized spacial score (nSPS) is 20.6. The van der Waals surface area contributed by atoms with E-state index in [1.807, 2.05) is 19.1 Å². The van der Waals surface area contributed by atoms with E-state index in [9.17, 15) is 9.18 Å². The second-order valence-electron chi connectivity index (χ2n) is 8.92. The summed E-state index contributed by atoms with van der Waals surface area (Å²) in [6.45, 7) is 4.83. The summed E-state index contributed by atoms with van der Waals surface area (Å²) in [7, 11) is 0. The molecule has 1 N–H and O–H groups in total. The maximum absolute atomic E-state index is 14.1. The van der Waals surface area contributed by atoms with E-state index in [0.29, 0.717) is 23.2 Å². The van der Waals surface area contributed by atoms with Gasteiger partial charge in [-0.15, -0.1) is 0 Å². The number of anilines is 1. The molecule has 32 heavy (non-hydrogen) atoms. The lowest BCUT2D eigenvalue weighted by Crippen LogP contribution is -2.54. The number of aromatic nitrogens is 2. The van der Waals surface area contributed by atoms with E-state index in [2.05, 4.69) is 25.8 Å². The van der Waals surface area contributed by atoms with Crippen LogP contribution >= 0.6 is 0 Å². The van der Waals surface area contributed by atoms with Gasteiger partial charge in [0.05, 0.1) is 17.3 Å². The first-order chi connectivity index (χ1) is 15.5. The minimum Gasteiger partial charge on any atom is -0.367 e. The summed E-state index contributed by atoms with van der Waals surface area (Å²) in [4.78, 5) is 24.5.